The van der Waals surface area contributed by atoms with Crippen molar-refractivity contribution in [1.82, 2.24) is 5.06 Å². The Kier molecular flexibility index (Phi) is 2.29. The monoisotopic (exact) mass is 155 g/mol. The number of hydrogen-bond acceptors (Lipinski definition) is 2. The van der Waals surface area contributed by atoms with E-state index in [2.05, 4.69) is 0 Å². The van der Waals surface area contributed by atoms with Crippen molar-refractivity contribution in [3.63, 3.8) is 0 Å². The summed E-state index contributed by atoms with van der Waals surface area (Å²) in [6.07, 6.45) is 3.96. The standard InChI is InChI=1S/C8H13NO2/c1-6(2)7-4-3-5-8(10)9(7)11/h3,5-7,11H,4H2,1-2H3. The smallest absolute Gasteiger partial charge is 0.269 e. The number of carbonyl (C=O) groups excluding carboxylic acids is 1. The van der Waals surface area contributed by atoms with Gasteiger partial charge < -0.3 is 0 Å². The lowest BCUT2D eigenvalue weighted by Crippen LogP contribution is -2.41. The van der Waals surface area contributed by atoms with Crippen LogP contribution in [0.25, 0.3) is 0 Å². The molecule has 1 atom stereocenters. The predicted octanol–water partition coefficient (Wildman–Crippen LogP) is 1.19. The Morgan fingerprint density at radius 3 is 2.82 bits per heavy atom. The van der Waals surface area contributed by atoms with Crippen molar-refractivity contribution in [1.29, 1.82) is 0 Å². The van der Waals surface area contributed by atoms with Gasteiger partial charge in [0.15, 0.2) is 0 Å². The maximum absolute atomic E-state index is 10.9. The van der Waals surface area contributed by atoms with Crippen LogP contribution in [-0.4, -0.2) is 22.2 Å². The minimum absolute atomic E-state index is 0.0486. The highest BCUT2D eigenvalue weighted by atomic mass is 16.5. The Morgan fingerprint density at radius 1 is 1.73 bits per heavy atom. The van der Waals surface area contributed by atoms with Crippen LogP contribution in [0.4, 0.5) is 0 Å². The van der Waals surface area contributed by atoms with E-state index in [9.17, 15) is 10.0 Å². The van der Waals surface area contributed by atoms with Gasteiger partial charge in [0.05, 0.1) is 6.04 Å². The van der Waals surface area contributed by atoms with E-state index in [4.69, 9.17) is 0 Å². The number of hydrogen-bond donors (Lipinski definition) is 1. The Hall–Kier alpha value is -0.830. The van der Waals surface area contributed by atoms with Gasteiger partial charge in [-0.25, -0.2) is 5.06 Å². The normalized spacial score (nSPS) is 24.9. The fraction of sp³-hybridized carbons (Fsp3) is 0.625. The minimum Gasteiger partial charge on any atom is -0.285 e. The molecule has 0 aromatic rings. The molecule has 1 aliphatic rings. The summed E-state index contributed by atoms with van der Waals surface area (Å²) in [5.41, 5.74) is 0. The average molecular weight is 155 g/mol. The van der Waals surface area contributed by atoms with Gasteiger partial charge in [-0.05, 0) is 12.3 Å². The molecule has 62 valence electrons. The molecule has 1 rings (SSSR count). The molecule has 1 amide bonds. The van der Waals surface area contributed by atoms with E-state index in [-0.39, 0.29) is 11.9 Å². The van der Waals surface area contributed by atoms with Crippen LogP contribution in [-0.2, 0) is 4.79 Å². The van der Waals surface area contributed by atoms with Crippen LogP contribution in [0.1, 0.15) is 20.3 Å². The summed E-state index contributed by atoms with van der Waals surface area (Å²) in [4.78, 5) is 10.9. The Bertz CT molecular complexity index is 187. The highest BCUT2D eigenvalue weighted by Crippen LogP contribution is 2.17. The van der Waals surface area contributed by atoms with Crippen LogP contribution >= 0.6 is 0 Å². The summed E-state index contributed by atoms with van der Waals surface area (Å²) in [5.74, 6) is -0.0103. The van der Waals surface area contributed by atoms with Crippen molar-refractivity contribution in [2.45, 2.75) is 26.3 Å². The zero-order valence-corrected chi connectivity index (χ0v) is 6.82. The molecular weight excluding hydrogens is 142 g/mol. The molecular formula is C8H13NO2. The van der Waals surface area contributed by atoms with Gasteiger partial charge in [0.1, 0.15) is 0 Å². The first-order valence-electron chi connectivity index (χ1n) is 3.81. The third kappa shape index (κ3) is 1.60. The van der Waals surface area contributed by atoms with E-state index in [1.807, 2.05) is 13.8 Å². The van der Waals surface area contributed by atoms with Crippen LogP contribution in [0, 0.1) is 5.92 Å². The second-order valence-corrected chi connectivity index (χ2v) is 3.13. The molecule has 3 nitrogen and oxygen atoms in total. The van der Waals surface area contributed by atoms with E-state index in [1.165, 1.54) is 6.08 Å². The quantitative estimate of drug-likeness (QED) is 0.578. The SMILES string of the molecule is CC(C)C1CC=CC(=O)N1O. The van der Waals surface area contributed by atoms with E-state index in [0.717, 1.165) is 11.5 Å². The van der Waals surface area contributed by atoms with E-state index < -0.39 is 0 Å². The van der Waals surface area contributed by atoms with Crippen LogP contribution in [0.5, 0.6) is 0 Å². The topological polar surface area (TPSA) is 40.5 Å². The van der Waals surface area contributed by atoms with Gasteiger partial charge in [0.2, 0.25) is 0 Å². The van der Waals surface area contributed by atoms with Gasteiger partial charge in [0, 0.05) is 6.08 Å². The van der Waals surface area contributed by atoms with Crippen LogP contribution < -0.4 is 0 Å². The van der Waals surface area contributed by atoms with Crippen LogP contribution in [0.3, 0.4) is 0 Å². The Balaban J connectivity index is 2.70. The Morgan fingerprint density at radius 2 is 2.36 bits per heavy atom. The lowest BCUT2D eigenvalue weighted by molar-refractivity contribution is -0.175. The molecule has 0 aromatic carbocycles. The molecule has 1 heterocycles. The number of nitrogens with zero attached hydrogens (tertiary/aromatic N) is 1. The first-order chi connectivity index (χ1) is 5.13. The third-order valence-corrected chi connectivity index (χ3v) is 1.95. The zero-order chi connectivity index (χ0) is 8.43. The van der Waals surface area contributed by atoms with Crippen molar-refractivity contribution < 1.29 is 10.0 Å². The fourth-order valence-electron chi connectivity index (χ4n) is 1.20. The molecule has 0 saturated heterocycles. The zero-order valence-electron chi connectivity index (χ0n) is 6.82. The number of rotatable bonds is 1. The Labute approximate surface area is 66.3 Å². The first-order valence-corrected chi connectivity index (χ1v) is 3.81. The summed E-state index contributed by atoms with van der Waals surface area (Å²) in [7, 11) is 0. The van der Waals surface area contributed by atoms with Crippen molar-refractivity contribution in [3.05, 3.63) is 12.2 Å². The molecule has 1 aliphatic heterocycles. The summed E-state index contributed by atoms with van der Waals surface area (Å²) < 4.78 is 0. The van der Waals surface area contributed by atoms with Crippen LogP contribution in [0.2, 0.25) is 0 Å². The van der Waals surface area contributed by atoms with E-state index >= 15 is 0 Å². The van der Waals surface area contributed by atoms with Crippen molar-refractivity contribution >= 4 is 5.91 Å². The van der Waals surface area contributed by atoms with Gasteiger partial charge in [-0.2, -0.15) is 0 Å². The first kappa shape index (κ1) is 8.27. The highest BCUT2D eigenvalue weighted by molar-refractivity contribution is 5.87. The summed E-state index contributed by atoms with van der Waals surface area (Å²) in [6.45, 7) is 3.97. The molecule has 0 spiro atoms. The van der Waals surface area contributed by atoms with Gasteiger partial charge >= 0.3 is 0 Å². The largest absolute Gasteiger partial charge is 0.285 e. The minimum atomic E-state index is -0.310. The van der Waals surface area contributed by atoms with Gasteiger partial charge in [-0.3, -0.25) is 10.0 Å². The van der Waals surface area contributed by atoms with Gasteiger partial charge in [0.25, 0.3) is 5.91 Å². The molecule has 0 aliphatic carbocycles. The lowest BCUT2D eigenvalue weighted by Gasteiger charge is -2.29. The predicted molar refractivity (Wildman–Crippen MR) is 41.0 cm³/mol. The second kappa shape index (κ2) is 3.05. The maximum atomic E-state index is 10.9. The molecule has 0 bridgehead atoms. The maximum Gasteiger partial charge on any atom is 0.269 e. The number of amides is 1. The van der Waals surface area contributed by atoms with Crippen LogP contribution in [0.15, 0.2) is 12.2 Å². The molecule has 0 radical (unpaired) electrons. The van der Waals surface area contributed by atoms with Crippen molar-refractivity contribution in [2.24, 2.45) is 5.92 Å². The lowest BCUT2D eigenvalue weighted by atomic mass is 9.98. The molecule has 0 fully saturated rings. The van der Waals surface area contributed by atoms with Gasteiger partial charge in [-0.1, -0.05) is 19.9 Å². The third-order valence-electron chi connectivity index (χ3n) is 1.95. The molecule has 11 heavy (non-hydrogen) atoms. The number of carbonyl (C=O) groups is 1. The van der Waals surface area contributed by atoms with E-state index in [1.54, 1.807) is 6.08 Å². The summed E-state index contributed by atoms with van der Waals surface area (Å²) in [5, 5.41) is 10.1. The van der Waals surface area contributed by atoms with Crippen molar-refractivity contribution in [3.8, 4) is 0 Å². The highest BCUT2D eigenvalue weighted by Gasteiger charge is 2.25. The number of hydroxylamine groups is 2. The van der Waals surface area contributed by atoms with Crippen molar-refractivity contribution in [2.75, 3.05) is 0 Å². The second-order valence-electron chi connectivity index (χ2n) is 3.13. The molecule has 1 N–H and O–H groups in total. The summed E-state index contributed by atoms with van der Waals surface area (Å²) >= 11 is 0. The molecule has 0 aromatic heterocycles. The van der Waals surface area contributed by atoms with E-state index in [0.29, 0.717) is 5.92 Å². The fourth-order valence-corrected chi connectivity index (χ4v) is 1.20. The average Bonchev–Trinajstić information content (AvgIpc) is 1.94. The van der Waals surface area contributed by atoms with Gasteiger partial charge in [-0.15, -0.1) is 0 Å². The molecule has 1 unspecified atom stereocenters. The molecule has 3 heteroatoms. The summed E-state index contributed by atoms with van der Waals surface area (Å²) in [6, 6.07) is -0.0486. The molecule has 0 saturated carbocycles.